The minimum absolute atomic E-state index is 0.326. The number of rotatable bonds is 8. The van der Waals surface area contributed by atoms with E-state index < -0.39 is 0 Å². The highest BCUT2D eigenvalue weighted by Crippen LogP contribution is 2.30. The first-order valence-electron chi connectivity index (χ1n) is 12.5. The number of ether oxygens (including phenoxy) is 1. The van der Waals surface area contributed by atoms with Crippen molar-refractivity contribution in [2.24, 2.45) is 5.73 Å². The second-order valence-electron chi connectivity index (χ2n) is 9.44. The summed E-state index contributed by atoms with van der Waals surface area (Å²) < 4.78 is 7.91. The van der Waals surface area contributed by atoms with E-state index in [4.69, 9.17) is 15.5 Å². The van der Waals surface area contributed by atoms with Gasteiger partial charge in [-0.1, -0.05) is 6.07 Å². The van der Waals surface area contributed by atoms with Crippen LogP contribution < -0.4 is 31.7 Å². The van der Waals surface area contributed by atoms with E-state index in [0.717, 1.165) is 86.0 Å². The van der Waals surface area contributed by atoms with Gasteiger partial charge in [-0.15, -0.1) is 0 Å². The highest BCUT2D eigenvalue weighted by molar-refractivity contribution is 5.69. The maximum atomic E-state index is 6.09. The van der Waals surface area contributed by atoms with Crippen molar-refractivity contribution in [2.75, 3.05) is 36.9 Å². The molecule has 1 unspecified atom stereocenters. The number of benzene rings is 1. The Bertz CT molecular complexity index is 1090. The lowest BCUT2D eigenvalue weighted by atomic mass is 9.92. The zero-order valence-electron chi connectivity index (χ0n) is 19.9. The van der Waals surface area contributed by atoms with E-state index in [1.165, 1.54) is 0 Å². The van der Waals surface area contributed by atoms with Crippen LogP contribution in [0, 0.1) is 6.92 Å². The maximum absolute atomic E-state index is 6.09. The van der Waals surface area contributed by atoms with Crippen LogP contribution in [0.5, 0.6) is 5.75 Å². The second kappa shape index (κ2) is 10.6. The standard InChI is InChI=1S/C25H36N8O/c1-17-24(30-19-7-5-18(26)6-8-19)32-23-9-11-29-33(23)25(17)31-20-3-2-4-22(15-20)34-14-10-21-16-27-12-13-28-21/h2-4,9,11,15,18-19,21,27-28,31H,5-8,10,12-14,16,26H2,1H3,(H,30,32)/t18-,19-,21?. The molecule has 1 aliphatic carbocycles. The molecule has 34 heavy (non-hydrogen) atoms. The van der Waals surface area contributed by atoms with Gasteiger partial charge in [-0.05, 0) is 51.2 Å². The predicted molar refractivity (Wildman–Crippen MR) is 136 cm³/mol. The van der Waals surface area contributed by atoms with Gasteiger partial charge in [0.2, 0.25) is 0 Å². The van der Waals surface area contributed by atoms with Crippen molar-refractivity contribution in [3.8, 4) is 5.75 Å². The molecule has 2 fully saturated rings. The number of anilines is 3. The van der Waals surface area contributed by atoms with Gasteiger partial charge in [0.25, 0.3) is 0 Å². The Kier molecular flexibility index (Phi) is 7.13. The first-order chi connectivity index (χ1) is 16.7. The third-order valence-corrected chi connectivity index (χ3v) is 6.84. The summed E-state index contributed by atoms with van der Waals surface area (Å²) in [6.07, 6.45) is 7.00. The van der Waals surface area contributed by atoms with Gasteiger partial charge in [0.1, 0.15) is 17.4 Å². The lowest BCUT2D eigenvalue weighted by molar-refractivity contribution is 0.274. The molecule has 1 aromatic carbocycles. The summed E-state index contributed by atoms with van der Waals surface area (Å²) >= 11 is 0. The molecule has 3 aromatic rings. The largest absolute Gasteiger partial charge is 0.493 e. The quantitative estimate of drug-likeness (QED) is 0.346. The molecule has 1 saturated carbocycles. The van der Waals surface area contributed by atoms with E-state index in [2.05, 4.69) is 33.3 Å². The van der Waals surface area contributed by atoms with Crippen LogP contribution in [0.2, 0.25) is 0 Å². The van der Waals surface area contributed by atoms with Gasteiger partial charge >= 0.3 is 0 Å². The molecule has 0 amide bonds. The smallest absolute Gasteiger partial charge is 0.159 e. The summed E-state index contributed by atoms with van der Waals surface area (Å²) in [4.78, 5) is 4.83. The van der Waals surface area contributed by atoms with E-state index in [1.54, 1.807) is 6.20 Å². The van der Waals surface area contributed by atoms with Gasteiger partial charge in [0, 0.05) is 61.1 Å². The molecular weight excluding hydrogens is 428 g/mol. The number of hydrogen-bond acceptors (Lipinski definition) is 8. The molecule has 2 aliphatic rings. The van der Waals surface area contributed by atoms with Crippen LogP contribution >= 0.6 is 0 Å². The Morgan fingerprint density at radius 2 is 2.06 bits per heavy atom. The summed E-state index contributed by atoms with van der Waals surface area (Å²) in [6.45, 7) is 5.81. The molecule has 6 N–H and O–H groups in total. The maximum Gasteiger partial charge on any atom is 0.159 e. The molecule has 182 valence electrons. The molecule has 0 spiro atoms. The molecule has 0 bridgehead atoms. The number of aromatic nitrogens is 3. The van der Waals surface area contributed by atoms with Gasteiger partial charge in [0.15, 0.2) is 5.65 Å². The van der Waals surface area contributed by atoms with E-state index in [1.807, 2.05) is 34.8 Å². The average molecular weight is 465 g/mol. The van der Waals surface area contributed by atoms with Crippen molar-refractivity contribution in [3.63, 3.8) is 0 Å². The zero-order valence-corrected chi connectivity index (χ0v) is 19.9. The SMILES string of the molecule is Cc1c(N[C@H]2CC[C@H](N)CC2)nc2ccnn2c1Nc1cccc(OCCC2CNCCN2)c1. The van der Waals surface area contributed by atoms with Crippen molar-refractivity contribution >= 4 is 23.0 Å². The van der Waals surface area contributed by atoms with Gasteiger partial charge in [-0.25, -0.2) is 4.98 Å². The minimum Gasteiger partial charge on any atom is -0.493 e. The molecule has 1 saturated heterocycles. The third-order valence-electron chi connectivity index (χ3n) is 6.84. The number of fused-ring (bicyclic) bond motifs is 1. The topological polar surface area (TPSA) is 114 Å². The van der Waals surface area contributed by atoms with Gasteiger partial charge in [-0.3, -0.25) is 0 Å². The van der Waals surface area contributed by atoms with Crippen molar-refractivity contribution in [1.29, 1.82) is 0 Å². The molecule has 5 rings (SSSR count). The fourth-order valence-corrected chi connectivity index (χ4v) is 4.80. The minimum atomic E-state index is 0.326. The summed E-state index contributed by atoms with van der Waals surface area (Å²) in [5.41, 5.74) is 8.89. The molecule has 2 aromatic heterocycles. The van der Waals surface area contributed by atoms with Crippen molar-refractivity contribution in [1.82, 2.24) is 25.2 Å². The number of piperazine rings is 1. The summed E-state index contributed by atoms with van der Waals surface area (Å²) in [6, 6.07) is 11.2. The van der Waals surface area contributed by atoms with Gasteiger partial charge in [-0.2, -0.15) is 9.61 Å². The lowest BCUT2D eigenvalue weighted by Gasteiger charge is -2.28. The Balaban J connectivity index is 1.29. The summed E-state index contributed by atoms with van der Waals surface area (Å²) in [7, 11) is 0. The molecule has 0 radical (unpaired) electrons. The van der Waals surface area contributed by atoms with Crippen molar-refractivity contribution in [3.05, 3.63) is 42.1 Å². The third kappa shape index (κ3) is 5.43. The molecule has 1 aliphatic heterocycles. The first-order valence-corrected chi connectivity index (χ1v) is 12.5. The summed E-state index contributed by atoms with van der Waals surface area (Å²) in [5.74, 6) is 2.66. The van der Waals surface area contributed by atoms with Crippen LogP contribution in [0.3, 0.4) is 0 Å². The Morgan fingerprint density at radius 1 is 1.18 bits per heavy atom. The van der Waals surface area contributed by atoms with Gasteiger partial charge in [0.05, 0.1) is 12.8 Å². The van der Waals surface area contributed by atoms with Crippen LogP contribution in [-0.2, 0) is 0 Å². The lowest BCUT2D eigenvalue weighted by Crippen LogP contribution is -2.48. The van der Waals surface area contributed by atoms with Gasteiger partial charge < -0.3 is 31.7 Å². The monoisotopic (exact) mass is 464 g/mol. The number of nitrogens with one attached hydrogen (secondary N) is 4. The molecular formula is C25H36N8O. The van der Waals surface area contributed by atoms with Crippen molar-refractivity contribution < 1.29 is 4.74 Å². The zero-order chi connectivity index (χ0) is 23.3. The van der Waals surface area contributed by atoms with E-state index in [-0.39, 0.29) is 0 Å². The molecule has 3 heterocycles. The second-order valence-corrected chi connectivity index (χ2v) is 9.44. The van der Waals surface area contributed by atoms with E-state index in [9.17, 15) is 0 Å². The Morgan fingerprint density at radius 3 is 2.88 bits per heavy atom. The van der Waals surface area contributed by atoms with Crippen LogP contribution in [0.1, 0.15) is 37.7 Å². The molecule has 9 nitrogen and oxygen atoms in total. The fourth-order valence-electron chi connectivity index (χ4n) is 4.80. The normalized spacial score (nSPS) is 23.1. The van der Waals surface area contributed by atoms with Crippen LogP contribution in [-0.4, -0.2) is 59.0 Å². The fraction of sp³-hybridized carbons (Fsp3) is 0.520. The summed E-state index contributed by atoms with van der Waals surface area (Å²) in [5, 5.41) is 18.7. The Labute approximate surface area is 200 Å². The van der Waals surface area contributed by atoms with Crippen LogP contribution in [0.4, 0.5) is 17.3 Å². The predicted octanol–water partition coefficient (Wildman–Crippen LogP) is 2.79. The van der Waals surface area contributed by atoms with E-state index >= 15 is 0 Å². The highest BCUT2D eigenvalue weighted by Gasteiger charge is 2.21. The molecule has 9 heteroatoms. The number of nitrogens with zero attached hydrogens (tertiary/aromatic N) is 3. The van der Waals surface area contributed by atoms with Crippen LogP contribution in [0.25, 0.3) is 5.65 Å². The number of hydrogen-bond donors (Lipinski definition) is 5. The highest BCUT2D eigenvalue weighted by atomic mass is 16.5. The number of nitrogens with two attached hydrogens (primary N) is 1. The Hall–Kier alpha value is -2.88. The van der Waals surface area contributed by atoms with E-state index in [0.29, 0.717) is 24.7 Å². The first kappa shape index (κ1) is 22.9. The average Bonchev–Trinajstić information content (AvgIpc) is 3.32. The van der Waals surface area contributed by atoms with Crippen molar-refractivity contribution in [2.45, 2.75) is 57.2 Å². The molecule has 1 atom stereocenters. The van der Waals surface area contributed by atoms with Crippen LogP contribution in [0.15, 0.2) is 36.5 Å².